The van der Waals surface area contributed by atoms with Gasteiger partial charge in [0, 0.05) is 18.3 Å². The van der Waals surface area contributed by atoms with Crippen molar-refractivity contribution in [3.8, 4) is 0 Å². The van der Waals surface area contributed by atoms with E-state index in [1.54, 1.807) is 16.7 Å². The van der Waals surface area contributed by atoms with Crippen LogP contribution in [0.4, 0.5) is 4.39 Å². The van der Waals surface area contributed by atoms with Crippen molar-refractivity contribution >= 4 is 5.65 Å². The Kier molecular flexibility index (Phi) is 4.23. The quantitative estimate of drug-likeness (QED) is 0.727. The van der Waals surface area contributed by atoms with Crippen molar-refractivity contribution in [2.45, 2.75) is 39.7 Å². The Bertz CT molecular complexity index is 897. The van der Waals surface area contributed by atoms with Gasteiger partial charge in [-0.25, -0.2) is 4.39 Å². The molecule has 3 aromatic rings. The van der Waals surface area contributed by atoms with Crippen molar-refractivity contribution in [2.75, 3.05) is 0 Å². The highest BCUT2D eigenvalue weighted by molar-refractivity contribution is 5.38. The average molecular weight is 314 g/mol. The second kappa shape index (κ2) is 6.32. The molecule has 23 heavy (non-hydrogen) atoms. The van der Waals surface area contributed by atoms with Crippen LogP contribution in [0.5, 0.6) is 0 Å². The van der Waals surface area contributed by atoms with E-state index in [4.69, 9.17) is 0 Å². The lowest BCUT2D eigenvalue weighted by molar-refractivity contribution is 0.622. The first kappa shape index (κ1) is 15.4. The molecule has 2 aromatic heterocycles. The van der Waals surface area contributed by atoms with Crippen molar-refractivity contribution in [3.63, 3.8) is 0 Å². The third kappa shape index (κ3) is 2.88. The second-order valence-electron chi connectivity index (χ2n) is 5.56. The van der Waals surface area contributed by atoms with Crippen LogP contribution in [0, 0.1) is 5.82 Å². The van der Waals surface area contributed by atoms with Crippen LogP contribution in [-0.2, 0) is 19.4 Å². The minimum Gasteiger partial charge on any atom is -0.306 e. The lowest BCUT2D eigenvalue weighted by Gasteiger charge is -2.11. The minimum absolute atomic E-state index is 0.207. The molecule has 0 fully saturated rings. The SMILES string of the molecule is CCCc1nnc2c(=O)n(Cc3cccc(F)c3)cc(CC)n12. The van der Waals surface area contributed by atoms with Crippen molar-refractivity contribution in [1.82, 2.24) is 19.2 Å². The Labute approximate surface area is 133 Å². The van der Waals surface area contributed by atoms with Crippen molar-refractivity contribution in [1.29, 1.82) is 0 Å². The van der Waals surface area contributed by atoms with Crippen LogP contribution in [0.3, 0.4) is 0 Å². The van der Waals surface area contributed by atoms with Crippen molar-refractivity contribution < 1.29 is 4.39 Å². The van der Waals surface area contributed by atoms with Crippen LogP contribution in [0.25, 0.3) is 5.65 Å². The summed E-state index contributed by atoms with van der Waals surface area (Å²) >= 11 is 0. The fraction of sp³-hybridized carbons (Fsp3) is 0.353. The first-order valence-electron chi connectivity index (χ1n) is 7.84. The van der Waals surface area contributed by atoms with E-state index in [-0.39, 0.29) is 11.4 Å². The predicted octanol–water partition coefficient (Wildman–Crippen LogP) is 2.59. The van der Waals surface area contributed by atoms with E-state index in [0.29, 0.717) is 12.2 Å². The molecule has 0 aliphatic carbocycles. The zero-order valence-corrected chi connectivity index (χ0v) is 13.3. The number of hydrogen-bond acceptors (Lipinski definition) is 3. The van der Waals surface area contributed by atoms with Gasteiger partial charge >= 0.3 is 0 Å². The van der Waals surface area contributed by atoms with Crippen LogP contribution in [-0.4, -0.2) is 19.2 Å². The van der Waals surface area contributed by atoms with Gasteiger partial charge in [0.1, 0.15) is 11.6 Å². The standard InChI is InChI=1S/C17H19FN4O/c1-3-6-15-19-20-16-17(23)21(11-14(4-2)22(15)16)10-12-7-5-8-13(18)9-12/h5,7-9,11H,3-4,6,10H2,1-2H3. The maximum absolute atomic E-state index is 13.3. The summed E-state index contributed by atoms with van der Waals surface area (Å²) < 4.78 is 16.8. The van der Waals surface area contributed by atoms with Crippen LogP contribution in [0.2, 0.25) is 0 Å². The molecule has 0 spiro atoms. The Hall–Kier alpha value is -2.50. The summed E-state index contributed by atoms with van der Waals surface area (Å²) in [5, 5.41) is 8.23. The minimum atomic E-state index is -0.306. The van der Waals surface area contributed by atoms with Crippen LogP contribution in [0.15, 0.2) is 35.3 Å². The van der Waals surface area contributed by atoms with E-state index in [0.717, 1.165) is 36.3 Å². The molecule has 0 radical (unpaired) electrons. The number of rotatable bonds is 5. The van der Waals surface area contributed by atoms with Crippen LogP contribution >= 0.6 is 0 Å². The van der Waals surface area contributed by atoms with Gasteiger partial charge < -0.3 is 4.57 Å². The Morgan fingerprint density at radius 1 is 1.22 bits per heavy atom. The molecule has 3 rings (SSSR count). The topological polar surface area (TPSA) is 52.2 Å². The normalized spacial score (nSPS) is 11.3. The Balaban J connectivity index is 2.12. The maximum Gasteiger partial charge on any atom is 0.296 e. The molecule has 0 aliphatic rings. The van der Waals surface area contributed by atoms with E-state index in [1.165, 1.54) is 12.1 Å². The summed E-state index contributed by atoms with van der Waals surface area (Å²) in [6.45, 7) is 4.41. The highest BCUT2D eigenvalue weighted by Crippen LogP contribution is 2.10. The zero-order valence-electron chi connectivity index (χ0n) is 13.3. The number of aryl methyl sites for hydroxylation is 2. The predicted molar refractivity (Wildman–Crippen MR) is 86.1 cm³/mol. The summed E-state index contributed by atoms with van der Waals surface area (Å²) in [5.41, 5.74) is 1.85. The molecule has 5 nitrogen and oxygen atoms in total. The zero-order chi connectivity index (χ0) is 16.4. The molecule has 0 aliphatic heterocycles. The molecule has 0 N–H and O–H groups in total. The molecule has 0 bridgehead atoms. The Morgan fingerprint density at radius 3 is 2.74 bits per heavy atom. The third-order valence-corrected chi connectivity index (χ3v) is 3.85. The van der Waals surface area contributed by atoms with Gasteiger partial charge in [0.2, 0.25) is 5.65 Å². The molecule has 1 aromatic carbocycles. The first-order chi connectivity index (χ1) is 11.1. The molecule has 120 valence electrons. The van der Waals surface area contributed by atoms with Gasteiger partial charge in [-0.05, 0) is 30.5 Å². The average Bonchev–Trinajstić information content (AvgIpc) is 2.95. The maximum atomic E-state index is 13.3. The number of aromatic nitrogens is 4. The molecule has 6 heteroatoms. The van der Waals surface area contributed by atoms with Crippen molar-refractivity contribution in [3.05, 3.63) is 63.7 Å². The molecule has 0 amide bonds. The lowest BCUT2D eigenvalue weighted by atomic mass is 10.2. The van der Waals surface area contributed by atoms with Gasteiger partial charge in [-0.1, -0.05) is 26.0 Å². The summed E-state index contributed by atoms with van der Waals surface area (Å²) in [5.74, 6) is 0.509. The van der Waals surface area contributed by atoms with Gasteiger partial charge in [0.05, 0.1) is 6.54 Å². The lowest BCUT2D eigenvalue weighted by Crippen LogP contribution is -2.24. The number of benzene rings is 1. The van der Waals surface area contributed by atoms with Gasteiger partial charge in [-0.15, -0.1) is 10.2 Å². The molecular formula is C17H19FN4O. The van der Waals surface area contributed by atoms with Gasteiger partial charge in [0.15, 0.2) is 0 Å². The van der Waals surface area contributed by atoms with Gasteiger partial charge in [-0.2, -0.15) is 0 Å². The Morgan fingerprint density at radius 2 is 2.04 bits per heavy atom. The number of nitrogens with zero attached hydrogens (tertiary/aromatic N) is 4. The number of hydrogen-bond donors (Lipinski definition) is 0. The monoisotopic (exact) mass is 314 g/mol. The van der Waals surface area contributed by atoms with E-state index < -0.39 is 0 Å². The molecule has 0 atom stereocenters. The van der Waals surface area contributed by atoms with E-state index in [9.17, 15) is 9.18 Å². The van der Waals surface area contributed by atoms with Crippen LogP contribution < -0.4 is 5.56 Å². The summed E-state index contributed by atoms with van der Waals surface area (Å²) in [4.78, 5) is 12.6. The van der Waals surface area contributed by atoms with E-state index in [2.05, 4.69) is 17.1 Å². The summed E-state index contributed by atoms with van der Waals surface area (Å²) in [6.07, 6.45) is 4.30. The fourth-order valence-electron chi connectivity index (χ4n) is 2.77. The fourth-order valence-corrected chi connectivity index (χ4v) is 2.77. The molecule has 0 unspecified atom stereocenters. The van der Waals surface area contributed by atoms with Gasteiger partial charge in [-0.3, -0.25) is 9.20 Å². The summed E-state index contributed by atoms with van der Waals surface area (Å²) in [6, 6.07) is 6.28. The van der Waals surface area contributed by atoms with E-state index in [1.807, 2.05) is 17.5 Å². The number of fused-ring (bicyclic) bond motifs is 1. The second-order valence-corrected chi connectivity index (χ2v) is 5.56. The highest BCUT2D eigenvalue weighted by Gasteiger charge is 2.14. The highest BCUT2D eigenvalue weighted by atomic mass is 19.1. The van der Waals surface area contributed by atoms with Crippen molar-refractivity contribution in [2.24, 2.45) is 0 Å². The van der Waals surface area contributed by atoms with Crippen LogP contribution in [0.1, 0.15) is 37.4 Å². The first-order valence-corrected chi connectivity index (χ1v) is 7.84. The largest absolute Gasteiger partial charge is 0.306 e. The summed E-state index contributed by atoms with van der Waals surface area (Å²) in [7, 11) is 0. The molecule has 0 saturated heterocycles. The third-order valence-electron chi connectivity index (χ3n) is 3.85. The van der Waals surface area contributed by atoms with Gasteiger partial charge in [0.25, 0.3) is 5.56 Å². The number of halogens is 1. The smallest absolute Gasteiger partial charge is 0.296 e. The van der Waals surface area contributed by atoms with E-state index >= 15 is 0 Å². The molecular weight excluding hydrogens is 295 g/mol. The molecule has 0 saturated carbocycles. The molecule has 2 heterocycles.